The van der Waals surface area contributed by atoms with Crippen LogP contribution in [0.5, 0.6) is 0 Å². The van der Waals surface area contributed by atoms with Crippen LogP contribution in [0.2, 0.25) is 0 Å². The third kappa shape index (κ3) is 3.43. The average molecular weight is 248 g/mol. The van der Waals surface area contributed by atoms with Gasteiger partial charge in [0.1, 0.15) is 5.82 Å². The number of anilines is 1. The number of aromatic nitrogens is 1. The summed E-state index contributed by atoms with van der Waals surface area (Å²) >= 11 is 0. The molecule has 5 nitrogen and oxygen atoms in total. The Morgan fingerprint density at radius 3 is 2.78 bits per heavy atom. The van der Waals surface area contributed by atoms with Crippen molar-refractivity contribution in [1.82, 2.24) is 15.6 Å². The lowest BCUT2D eigenvalue weighted by Gasteiger charge is -2.16. The molecule has 1 aliphatic rings. The van der Waals surface area contributed by atoms with Gasteiger partial charge in [0, 0.05) is 25.8 Å². The zero-order chi connectivity index (χ0) is 12.8. The van der Waals surface area contributed by atoms with Crippen molar-refractivity contribution in [2.45, 2.75) is 19.4 Å². The number of hydrogen-bond donors (Lipinski definition) is 2. The molecule has 1 aromatic rings. The minimum Gasteiger partial charge on any atom is -0.357 e. The summed E-state index contributed by atoms with van der Waals surface area (Å²) in [5.41, 5.74) is 1.03. The Bertz CT molecular complexity index is 384. The van der Waals surface area contributed by atoms with Gasteiger partial charge in [-0.15, -0.1) is 0 Å². The van der Waals surface area contributed by atoms with E-state index in [1.54, 1.807) is 7.05 Å². The Morgan fingerprint density at radius 1 is 1.39 bits per heavy atom. The Balaban J connectivity index is 1.85. The molecule has 5 heteroatoms. The van der Waals surface area contributed by atoms with E-state index < -0.39 is 0 Å². The molecule has 0 aromatic carbocycles. The van der Waals surface area contributed by atoms with Crippen LogP contribution >= 0.6 is 0 Å². The second-order valence-electron chi connectivity index (χ2n) is 4.53. The first-order chi connectivity index (χ1) is 8.79. The van der Waals surface area contributed by atoms with Gasteiger partial charge >= 0.3 is 0 Å². The molecule has 0 spiro atoms. The maximum Gasteiger partial charge on any atom is 0.234 e. The molecule has 0 atom stereocenters. The highest BCUT2D eigenvalue weighted by Gasteiger charge is 2.12. The van der Waals surface area contributed by atoms with Crippen molar-refractivity contribution in [2.75, 3.05) is 31.6 Å². The van der Waals surface area contributed by atoms with E-state index in [4.69, 9.17) is 0 Å². The quantitative estimate of drug-likeness (QED) is 0.797. The predicted molar refractivity (Wildman–Crippen MR) is 71.5 cm³/mol. The highest BCUT2D eigenvalue weighted by atomic mass is 16.1. The van der Waals surface area contributed by atoms with E-state index in [1.165, 1.54) is 12.8 Å². The van der Waals surface area contributed by atoms with Crippen molar-refractivity contribution in [2.24, 2.45) is 0 Å². The average Bonchev–Trinajstić information content (AvgIpc) is 2.91. The van der Waals surface area contributed by atoms with E-state index >= 15 is 0 Å². The van der Waals surface area contributed by atoms with Crippen LogP contribution in [0.15, 0.2) is 18.3 Å². The van der Waals surface area contributed by atoms with Crippen LogP contribution < -0.4 is 15.5 Å². The Labute approximate surface area is 108 Å². The fraction of sp³-hybridized carbons (Fsp3) is 0.538. The molecule has 0 saturated carbocycles. The summed E-state index contributed by atoms with van der Waals surface area (Å²) in [4.78, 5) is 18.0. The van der Waals surface area contributed by atoms with E-state index in [1.807, 2.05) is 18.3 Å². The van der Waals surface area contributed by atoms with Crippen molar-refractivity contribution in [3.05, 3.63) is 23.9 Å². The lowest BCUT2D eigenvalue weighted by molar-refractivity contribution is -0.120. The molecule has 0 unspecified atom stereocenters. The first-order valence-electron chi connectivity index (χ1n) is 6.41. The summed E-state index contributed by atoms with van der Waals surface area (Å²) in [6.45, 7) is 3.09. The van der Waals surface area contributed by atoms with Crippen LogP contribution in [-0.4, -0.2) is 37.6 Å². The third-order valence-corrected chi connectivity index (χ3v) is 3.07. The molecule has 2 heterocycles. The molecular weight excluding hydrogens is 228 g/mol. The molecule has 1 amide bonds. The molecule has 1 fully saturated rings. The highest BCUT2D eigenvalue weighted by molar-refractivity contribution is 5.77. The maximum absolute atomic E-state index is 11.3. The van der Waals surface area contributed by atoms with Gasteiger partial charge in [0.05, 0.1) is 6.54 Å². The van der Waals surface area contributed by atoms with E-state index in [0.29, 0.717) is 13.1 Å². The topological polar surface area (TPSA) is 57.3 Å². The van der Waals surface area contributed by atoms with Crippen molar-refractivity contribution < 1.29 is 4.79 Å². The zero-order valence-corrected chi connectivity index (χ0v) is 10.8. The van der Waals surface area contributed by atoms with E-state index in [-0.39, 0.29) is 5.91 Å². The van der Waals surface area contributed by atoms with Crippen LogP contribution in [-0.2, 0) is 11.3 Å². The van der Waals surface area contributed by atoms with Crippen LogP contribution in [0.25, 0.3) is 0 Å². The molecule has 0 radical (unpaired) electrons. The van der Waals surface area contributed by atoms with E-state index in [0.717, 1.165) is 24.5 Å². The van der Waals surface area contributed by atoms with Crippen molar-refractivity contribution >= 4 is 11.7 Å². The molecule has 98 valence electrons. The molecule has 0 aliphatic carbocycles. The lowest BCUT2D eigenvalue weighted by Crippen LogP contribution is -2.31. The predicted octanol–water partition coefficient (Wildman–Crippen LogP) is 0.517. The molecule has 1 saturated heterocycles. The summed E-state index contributed by atoms with van der Waals surface area (Å²) in [7, 11) is 1.76. The van der Waals surface area contributed by atoms with Gasteiger partial charge in [-0.1, -0.05) is 6.07 Å². The number of carbonyl (C=O) groups excluding carboxylic acids is 1. The summed E-state index contributed by atoms with van der Waals surface area (Å²) < 4.78 is 0. The van der Waals surface area contributed by atoms with Crippen molar-refractivity contribution in [1.29, 1.82) is 0 Å². The van der Waals surface area contributed by atoms with Crippen LogP contribution in [0.4, 0.5) is 5.82 Å². The van der Waals surface area contributed by atoms with Gasteiger partial charge in [0.2, 0.25) is 5.91 Å². The van der Waals surface area contributed by atoms with Gasteiger partial charge < -0.3 is 15.5 Å². The van der Waals surface area contributed by atoms with E-state index in [9.17, 15) is 4.79 Å². The fourth-order valence-corrected chi connectivity index (χ4v) is 2.08. The standard InChI is InChI=1S/C13H20N4O/c1-14-10-13(18)16-9-11-4-5-12(15-8-11)17-6-2-3-7-17/h4-5,8,14H,2-3,6-7,9-10H2,1H3,(H,16,18). The molecule has 18 heavy (non-hydrogen) atoms. The monoisotopic (exact) mass is 248 g/mol. The Kier molecular flexibility index (Phi) is 4.52. The number of likely N-dealkylation sites (N-methyl/N-ethyl adjacent to an activating group) is 1. The minimum atomic E-state index is 0.00104. The van der Waals surface area contributed by atoms with Crippen LogP contribution in [0, 0.1) is 0 Å². The molecule has 2 N–H and O–H groups in total. The smallest absolute Gasteiger partial charge is 0.234 e. The lowest BCUT2D eigenvalue weighted by atomic mass is 10.2. The number of amides is 1. The summed E-state index contributed by atoms with van der Waals surface area (Å²) in [6.07, 6.45) is 4.35. The first-order valence-corrected chi connectivity index (χ1v) is 6.41. The van der Waals surface area contributed by atoms with Gasteiger partial charge in [-0.25, -0.2) is 4.98 Å². The SMILES string of the molecule is CNCC(=O)NCc1ccc(N2CCCC2)nc1. The van der Waals surface area contributed by atoms with Crippen LogP contribution in [0.1, 0.15) is 18.4 Å². The number of rotatable bonds is 5. The van der Waals surface area contributed by atoms with Crippen LogP contribution in [0.3, 0.4) is 0 Å². The van der Waals surface area contributed by atoms with Gasteiger partial charge in [-0.3, -0.25) is 4.79 Å². The molecule has 2 rings (SSSR count). The normalized spacial score (nSPS) is 14.8. The van der Waals surface area contributed by atoms with Crippen molar-refractivity contribution in [3.63, 3.8) is 0 Å². The largest absolute Gasteiger partial charge is 0.357 e. The number of nitrogens with one attached hydrogen (secondary N) is 2. The molecular formula is C13H20N4O. The van der Waals surface area contributed by atoms with Gasteiger partial charge in [-0.2, -0.15) is 0 Å². The fourth-order valence-electron chi connectivity index (χ4n) is 2.08. The minimum absolute atomic E-state index is 0.00104. The third-order valence-electron chi connectivity index (χ3n) is 3.07. The summed E-state index contributed by atoms with van der Waals surface area (Å²) in [6, 6.07) is 4.06. The zero-order valence-electron chi connectivity index (χ0n) is 10.8. The first kappa shape index (κ1) is 12.8. The second-order valence-corrected chi connectivity index (χ2v) is 4.53. The number of carbonyl (C=O) groups is 1. The Morgan fingerprint density at radius 2 is 2.17 bits per heavy atom. The van der Waals surface area contributed by atoms with Gasteiger partial charge in [-0.05, 0) is 31.5 Å². The number of hydrogen-bond acceptors (Lipinski definition) is 4. The number of nitrogens with zero attached hydrogens (tertiary/aromatic N) is 2. The summed E-state index contributed by atoms with van der Waals surface area (Å²) in [5.74, 6) is 1.04. The molecule has 0 bridgehead atoms. The molecule has 1 aromatic heterocycles. The second kappa shape index (κ2) is 6.35. The number of pyridine rings is 1. The van der Waals surface area contributed by atoms with Gasteiger partial charge in [0.15, 0.2) is 0 Å². The maximum atomic E-state index is 11.3. The van der Waals surface area contributed by atoms with Crippen molar-refractivity contribution in [3.8, 4) is 0 Å². The van der Waals surface area contributed by atoms with E-state index in [2.05, 4.69) is 20.5 Å². The molecule has 1 aliphatic heterocycles. The summed E-state index contributed by atoms with van der Waals surface area (Å²) in [5, 5.41) is 5.65. The van der Waals surface area contributed by atoms with Gasteiger partial charge in [0.25, 0.3) is 0 Å². The Hall–Kier alpha value is -1.62. The highest BCUT2D eigenvalue weighted by Crippen LogP contribution is 2.17.